The zero-order chi connectivity index (χ0) is 14.5. The Hall–Kier alpha value is -1.04. The number of thiocarbonyl (C=S) groups is 1. The fraction of sp³-hybridized carbons (Fsp3) is 0.533. The van der Waals surface area contributed by atoms with Gasteiger partial charge >= 0.3 is 0 Å². The first-order valence-electron chi connectivity index (χ1n) is 6.91. The highest BCUT2D eigenvalue weighted by atomic mass is 32.1. The van der Waals surface area contributed by atoms with Crippen molar-refractivity contribution in [2.75, 3.05) is 26.8 Å². The maximum absolute atomic E-state index is 13.8. The van der Waals surface area contributed by atoms with Gasteiger partial charge in [0, 0.05) is 30.8 Å². The minimum Gasteiger partial charge on any atom is -0.389 e. The average Bonchev–Trinajstić information content (AvgIpc) is 3.21. The Morgan fingerprint density at radius 2 is 2.25 bits per heavy atom. The van der Waals surface area contributed by atoms with Crippen molar-refractivity contribution in [1.82, 2.24) is 4.90 Å². The SMILES string of the molecule is CN(CCOCC1CC1)Cc1cc(C(N)=S)ccc1F. The predicted molar refractivity (Wildman–Crippen MR) is 82.2 cm³/mol. The maximum Gasteiger partial charge on any atom is 0.127 e. The zero-order valence-corrected chi connectivity index (χ0v) is 12.6. The minimum atomic E-state index is -0.226. The van der Waals surface area contributed by atoms with E-state index >= 15 is 0 Å². The molecule has 0 spiro atoms. The molecule has 0 heterocycles. The van der Waals surface area contributed by atoms with Crippen molar-refractivity contribution in [3.63, 3.8) is 0 Å². The molecule has 0 bridgehead atoms. The van der Waals surface area contributed by atoms with Gasteiger partial charge in [-0.05, 0) is 44.0 Å². The Morgan fingerprint density at radius 1 is 1.50 bits per heavy atom. The maximum atomic E-state index is 13.8. The Kier molecular flexibility index (Phi) is 5.46. The summed E-state index contributed by atoms with van der Waals surface area (Å²) < 4.78 is 19.3. The molecule has 2 rings (SSSR count). The third kappa shape index (κ3) is 4.81. The summed E-state index contributed by atoms with van der Waals surface area (Å²) in [6.07, 6.45) is 2.60. The van der Waals surface area contributed by atoms with Gasteiger partial charge in [0.1, 0.15) is 10.8 Å². The van der Waals surface area contributed by atoms with Gasteiger partial charge in [0.2, 0.25) is 0 Å². The van der Waals surface area contributed by atoms with Gasteiger partial charge in [-0.1, -0.05) is 12.2 Å². The van der Waals surface area contributed by atoms with Crippen LogP contribution in [0, 0.1) is 11.7 Å². The average molecular weight is 296 g/mol. The summed E-state index contributed by atoms with van der Waals surface area (Å²) in [5.41, 5.74) is 6.89. The van der Waals surface area contributed by atoms with Crippen LogP contribution in [0.3, 0.4) is 0 Å². The summed E-state index contributed by atoms with van der Waals surface area (Å²) in [7, 11) is 1.95. The lowest BCUT2D eigenvalue weighted by molar-refractivity contribution is 0.101. The van der Waals surface area contributed by atoms with E-state index in [1.165, 1.54) is 18.9 Å². The molecule has 0 aliphatic heterocycles. The van der Waals surface area contributed by atoms with Gasteiger partial charge in [0.25, 0.3) is 0 Å². The molecular formula is C15H21FN2OS. The third-order valence-corrected chi connectivity index (χ3v) is 3.67. The number of nitrogens with zero attached hydrogens (tertiary/aromatic N) is 1. The summed E-state index contributed by atoms with van der Waals surface area (Å²) in [6.45, 7) is 2.85. The fourth-order valence-corrected chi connectivity index (χ4v) is 2.10. The van der Waals surface area contributed by atoms with Crippen LogP contribution in [-0.2, 0) is 11.3 Å². The number of benzene rings is 1. The summed E-state index contributed by atoms with van der Waals surface area (Å²) in [5.74, 6) is 0.552. The number of hydrogen-bond donors (Lipinski definition) is 1. The normalized spacial score (nSPS) is 14.8. The van der Waals surface area contributed by atoms with Crippen LogP contribution >= 0.6 is 12.2 Å². The first-order valence-corrected chi connectivity index (χ1v) is 7.31. The van der Waals surface area contributed by atoms with Crippen LogP contribution in [0.25, 0.3) is 0 Å². The zero-order valence-electron chi connectivity index (χ0n) is 11.8. The van der Waals surface area contributed by atoms with Gasteiger partial charge < -0.3 is 10.5 Å². The van der Waals surface area contributed by atoms with Crippen molar-refractivity contribution in [2.45, 2.75) is 19.4 Å². The second-order valence-corrected chi connectivity index (χ2v) is 5.87. The van der Waals surface area contributed by atoms with Crippen molar-refractivity contribution < 1.29 is 9.13 Å². The Bertz CT molecular complexity index is 477. The van der Waals surface area contributed by atoms with Crippen molar-refractivity contribution in [2.24, 2.45) is 11.7 Å². The van der Waals surface area contributed by atoms with E-state index in [-0.39, 0.29) is 5.82 Å². The van der Waals surface area contributed by atoms with Gasteiger partial charge in [0.05, 0.1) is 6.61 Å². The van der Waals surface area contributed by atoms with E-state index in [1.54, 1.807) is 12.1 Å². The molecule has 0 unspecified atom stereocenters. The topological polar surface area (TPSA) is 38.5 Å². The molecule has 2 N–H and O–H groups in total. The second-order valence-electron chi connectivity index (χ2n) is 5.43. The summed E-state index contributed by atoms with van der Waals surface area (Å²) in [4.78, 5) is 2.33. The molecule has 0 atom stereocenters. The molecule has 110 valence electrons. The highest BCUT2D eigenvalue weighted by Crippen LogP contribution is 2.28. The third-order valence-electron chi connectivity index (χ3n) is 3.44. The molecule has 1 aliphatic rings. The molecule has 1 saturated carbocycles. The van der Waals surface area contributed by atoms with E-state index in [0.717, 1.165) is 19.1 Å². The molecule has 0 amide bonds. The van der Waals surface area contributed by atoms with E-state index < -0.39 is 0 Å². The van der Waals surface area contributed by atoms with Gasteiger partial charge in [0.15, 0.2) is 0 Å². The van der Waals surface area contributed by atoms with Gasteiger partial charge in [-0.3, -0.25) is 4.90 Å². The Morgan fingerprint density at radius 3 is 2.90 bits per heavy atom. The lowest BCUT2D eigenvalue weighted by Crippen LogP contribution is -2.24. The van der Waals surface area contributed by atoms with Gasteiger partial charge in [-0.15, -0.1) is 0 Å². The molecule has 1 aromatic carbocycles. The molecule has 3 nitrogen and oxygen atoms in total. The smallest absolute Gasteiger partial charge is 0.127 e. The minimum absolute atomic E-state index is 0.226. The molecule has 1 aromatic rings. The number of rotatable bonds is 8. The van der Waals surface area contributed by atoms with Crippen LogP contribution in [-0.4, -0.2) is 36.7 Å². The Labute approximate surface area is 124 Å². The second kappa shape index (κ2) is 7.11. The molecule has 1 aliphatic carbocycles. The molecular weight excluding hydrogens is 275 g/mol. The first kappa shape index (κ1) is 15.4. The van der Waals surface area contributed by atoms with Crippen molar-refractivity contribution >= 4 is 17.2 Å². The van der Waals surface area contributed by atoms with E-state index in [0.29, 0.717) is 29.3 Å². The fourth-order valence-electron chi connectivity index (χ4n) is 1.97. The molecule has 1 fully saturated rings. The van der Waals surface area contributed by atoms with Crippen LogP contribution in [0.1, 0.15) is 24.0 Å². The van der Waals surface area contributed by atoms with Crippen LogP contribution in [0.2, 0.25) is 0 Å². The number of ether oxygens (including phenoxy) is 1. The van der Waals surface area contributed by atoms with E-state index in [2.05, 4.69) is 0 Å². The van der Waals surface area contributed by atoms with E-state index in [9.17, 15) is 4.39 Å². The highest BCUT2D eigenvalue weighted by molar-refractivity contribution is 7.80. The quantitative estimate of drug-likeness (QED) is 0.590. The molecule has 0 aromatic heterocycles. The van der Waals surface area contributed by atoms with Crippen molar-refractivity contribution in [3.05, 3.63) is 35.1 Å². The molecule has 0 saturated heterocycles. The lowest BCUT2D eigenvalue weighted by atomic mass is 10.1. The first-order chi connectivity index (χ1) is 9.56. The molecule has 0 radical (unpaired) electrons. The van der Waals surface area contributed by atoms with Crippen molar-refractivity contribution in [3.8, 4) is 0 Å². The number of halogens is 1. The summed E-state index contributed by atoms with van der Waals surface area (Å²) in [6, 6.07) is 4.75. The van der Waals surface area contributed by atoms with E-state index in [4.69, 9.17) is 22.7 Å². The number of nitrogens with two attached hydrogens (primary N) is 1. The van der Waals surface area contributed by atoms with Crippen LogP contribution < -0.4 is 5.73 Å². The standard InChI is InChI=1S/C15H21FN2OS/c1-18(6-7-19-10-11-2-3-11)9-13-8-12(15(17)20)4-5-14(13)16/h4-5,8,11H,2-3,6-7,9-10H2,1H3,(H2,17,20). The van der Waals surface area contributed by atoms with Crippen molar-refractivity contribution in [1.29, 1.82) is 0 Å². The monoisotopic (exact) mass is 296 g/mol. The molecule has 5 heteroatoms. The number of likely N-dealkylation sites (N-methyl/N-ethyl adjacent to an activating group) is 1. The predicted octanol–water partition coefficient (Wildman–Crippen LogP) is 2.32. The van der Waals surface area contributed by atoms with E-state index in [1.807, 2.05) is 11.9 Å². The van der Waals surface area contributed by atoms with Gasteiger partial charge in [-0.2, -0.15) is 0 Å². The lowest BCUT2D eigenvalue weighted by Gasteiger charge is -2.17. The largest absolute Gasteiger partial charge is 0.389 e. The van der Waals surface area contributed by atoms with Gasteiger partial charge in [-0.25, -0.2) is 4.39 Å². The summed E-state index contributed by atoms with van der Waals surface area (Å²) >= 11 is 4.92. The molecule has 20 heavy (non-hydrogen) atoms. The van der Waals surface area contributed by atoms with Crippen LogP contribution in [0.4, 0.5) is 4.39 Å². The highest BCUT2D eigenvalue weighted by Gasteiger charge is 2.21. The number of hydrogen-bond acceptors (Lipinski definition) is 3. The summed E-state index contributed by atoms with van der Waals surface area (Å²) in [5, 5.41) is 0. The Balaban J connectivity index is 1.81. The van der Waals surface area contributed by atoms with Crippen LogP contribution in [0.15, 0.2) is 18.2 Å². The van der Waals surface area contributed by atoms with Crippen LogP contribution in [0.5, 0.6) is 0 Å².